The molecule has 2 aromatic rings. The number of hydrogen-bond donors (Lipinski definition) is 3. The molecule has 0 radical (unpaired) electrons. The average Bonchev–Trinajstić information content (AvgIpc) is 3.18. The van der Waals surface area contributed by atoms with Crippen molar-refractivity contribution in [3.05, 3.63) is 65.5 Å². The third-order valence-electron chi connectivity index (χ3n) is 6.78. The Bertz CT molecular complexity index is 967. The van der Waals surface area contributed by atoms with E-state index < -0.39 is 0 Å². The molecule has 0 saturated carbocycles. The van der Waals surface area contributed by atoms with Gasteiger partial charge in [0.05, 0.1) is 0 Å². The van der Waals surface area contributed by atoms with E-state index in [4.69, 9.17) is 0 Å². The number of phenols is 1. The van der Waals surface area contributed by atoms with Crippen LogP contribution >= 0.6 is 0 Å². The predicted octanol–water partition coefficient (Wildman–Crippen LogP) is 2.00. The number of nitrogens with zero attached hydrogens (tertiary/aromatic N) is 2. The Labute approximate surface area is 193 Å². The summed E-state index contributed by atoms with van der Waals surface area (Å²) in [4.78, 5) is 29.8. The van der Waals surface area contributed by atoms with Gasteiger partial charge in [0.2, 0.25) is 11.8 Å². The standard InChI is InChI=1S/C25H31FN4O3/c1-29-20(8-11-23(32)27-14-17-2-6-19(26)7-3-17)15-28-25(33)24-22(29)12-13-30(24)16-18-4-9-21(31)10-5-18/h2-7,9-10,20,22,24,31H,8,11-16H2,1H3,(H,27,32)(H,28,33)/t20-,22-,24-/m0/s1. The molecule has 2 aromatic carbocycles. The second kappa shape index (κ2) is 10.3. The Kier molecular flexibility index (Phi) is 7.25. The van der Waals surface area contributed by atoms with Crippen molar-refractivity contribution >= 4 is 11.8 Å². The molecule has 7 nitrogen and oxygen atoms in total. The summed E-state index contributed by atoms with van der Waals surface area (Å²) >= 11 is 0. The molecular weight excluding hydrogens is 423 g/mol. The lowest BCUT2D eigenvalue weighted by molar-refractivity contribution is -0.126. The van der Waals surface area contributed by atoms with Crippen molar-refractivity contribution in [2.75, 3.05) is 20.1 Å². The first-order valence-corrected chi connectivity index (χ1v) is 11.4. The normalized spacial score (nSPS) is 23.6. The van der Waals surface area contributed by atoms with Crippen LogP contribution in [0.25, 0.3) is 0 Å². The molecule has 3 atom stereocenters. The first-order chi connectivity index (χ1) is 15.9. The SMILES string of the molecule is CN1[C@@H](CCC(=O)NCc2ccc(F)cc2)CNC(=O)[C@@H]2[C@@H]1CCN2Cc1ccc(O)cc1. The van der Waals surface area contributed by atoms with E-state index in [-0.39, 0.29) is 41.5 Å². The molecule has 0 aromatic heterocycles. The van der Waals surface area contributed by atoms with Gasteiger partial charge in [-0.15, -0.1) is 0 Å². The molecular formula is C25H31FN4O3. The minimum atomic E-state index is -0.296. The fourth-order valence-corrected chi connectivity index (χ4v) is 4.85. The maximum absolute atomic E-state index is 13.0. The second-order valence-corrected chi connectivity index (χ2v) is 8.94. The van der Waals surface area contributed by atoms with Gasteiger partial charge in [0, 0.05) is 44.7 Å². The Hall–Kier alpha value is -2.97. The van der Waals surface area contributed by atoms with Gasteiger partial charge in [-0.05, 0) is 55.3 Å². The van der Waals surface area contributed by atoms with Gasteiger partial charge in [0.15, 0.2) is 0 Å². The summed E-state index contributed by atoms with van der Waals surface area (Å²) in [7, 11) is 2.04. The van der Waals surface area contributed by atoms with Crippen LogP contribution in [0.4, 0.5) is 4.39 Å². The number of aromatic hydroxyl groups is 1. The number of hydrogen-bond acceptors (Lipinski definition) is 5. The lowest BCUT2D eigenvalue weighted by Gasteiger charge is -2.33. The van der Waals surface area contributed by atoms with Crippen LogP contribution in [0.5, 0.6) is 5.75 Å². The zero-order valence-electron chi connectivity index (χ0n) is 18.8. The van der Waals surface area contributed by atoms with Gasteiger partial charge in [-0.25, -0.2) is 4.39 Å². The lowest BCUT2D eigenvalue weighted by atomic mass is 10.0. The molecule has 2 heterocycles. The first kappa shape index (κ1) is 23.2. The van der Waals surface area contributed by atoms with Crippen LogP contribution in [0, 0.1) is 5.82 Å². The summed E-state index contributed by atoms with van der Waals surface area (Å²) in [6, 6.07) is 13.1. The number of nitrogens with one attached hydrogen (secondary N) is 2. The molecule has 33 heavy (non-hydrogen) atoms. The van der Waals surface area contributed by atoms with E-state index in [9.17, 15) is 19.1 Å². The van der Waals surface area contributed by atoms with Crippen molar-refractivity contribution < 1.29 is 19.1 Å². The fraction of sp³-hybridized carbons (Fsp3) is 0.440. The monoisotopic (exact) mass is 454 g/mol. The summed E-state index contributed by atoms with van der Waals surface area (Å²) in [5, 5.41) is 15.5. The van der Waals surface area contributed by atoms with Crippen LogP contribution in [-0.2, 0) is 22.7 Å². The molecule has 2 amide bonds. The average molecular weight is 455 g/mol. The highest BCUT2D eigenvalue weighted by Gasteiger charge is 2.44. The summed E-state index contributed by atoms with van der Waals surface area (Å²) < 4.78 is 13.0. The molecule has 3 N–H and O–H groups in total. The highest BCUT2D eigenvalue weighted by molar-refractivity contribution is 5.83. The van der Waals surface area contributed by atoms with E-state index in [0.29, 0.717) is 32.5 Å². The summed E-state index contributed by atoms with van der Waals surface area (Å²) in [5.41, 5.74) is 1.91. The minimum Gasteiger partial charge on any atom is -0.508 e. The van der Waals surface area contributed by atoms with E-state index in [1.165, 1.54) is 12.1 Å². The van der Waals surface area contributed by atoms with Crippen LogP contribution in [0.2, 0.25) is 0 Å². The molecule has 176 valence electrons. The van der Waals surface area contributed by atoms with Gasteiger partial charge in [0.1, 0.15) is 17.6 Å². The number of likely N-dealkylation sites (N-methyl/N-ethyl adjacent to an activating group) is 1. The van der Waals surface area contributed by atoms with Gasteiger partial charge in [0.25, 0.3) is 0 Å². The van der Waals surface area contributed by atoms with E-state index in [2.05, 4.69) is 20.4 Å². The lowest BCUT2D eigenvalue weighted by Crippen LogP contribution is -2.49. The number of likely N-dealkylation sites (tertiary alicyclic amines) is 1. The number of carbonyl (C=O) groups excluding carboxylic acids is 2. The molecule has 0 spiro atoms. The van der Waals surface area contributed by atoms with Crippen LogP contribution in [-0.4, -0.2) is 65.0 Å². The minimum absolute atomic E-state index is 0.0337. The van der Waals surface area contributed by atoms with E-state index >= 15 is 0 Å². The van der Waals surface area contributed by atoms with Crippen molar-refractivity contribution in [2.24, 2.45) is 0 Å². The quantitative estimate of drug-likeness (QED) is 0.596. The smallest absolute Gasteiger partial charge is 0.239 e. The van der Waals surface area contributed by atoms with Gasteiger partial charge >= 0.3 is 0 Å². The third kappa shape index (κ3) is 5.69. The number of halogens is 1. The van der Waals surface area contributed by atoms with Crippen molar-refractivity contribution in [3.8, 4) is 5.75 Å². The zero-order valence-corrected chi connectivity index (χ0v) is 18.8. The molecule has 2 aliphatic rings. The van der Waals surface area contributed by atoms with Crippen LogP contribution in [0.3, 0.4) is 0 Å². The van der Waals surface area contributed by atoms with E-state index in [0.717, 1.165) is 24.1 Å². The summed E-state index contributed by atoms with van der Waals surface area (Å²) in [5.74, 6) is -0.0866. The number of carbonyl (C=O) groups is 2. The predicted molar refractivity (Wildman–Crippen MR) is 123 cm³/mol. The van der Waals surface area contributed by atoms with E-state index in [1.807, 2.05) is 19.2 Å². The number of fused-ring (bicyclic) bond motifs is 1. The number of benzene rings is 2. The molecule has 0 unspecified atom stereocenters. The fourth-order valence-electron chi connectivity index (χ4n) is 4.85. The van der Waals surface area contributed by atoms with Gasteiger partial charge in [-0.1, -0.05) is 24.3 Å². The maximum Gasteiger partial charge on any atom is 0.239 e. The zero-order chi connectivity index (χ0) is 23.4. The van der Waals surface area contributed by atoms with Crippen molar-refractivity contribution in [1.82, 2.24) is 20.4 Å². The first-order valence-electron chi connectivity index (χ1n) is 11.4. The molecule has 2 fully saturated rings. The Morgan fingerprint density at radius 1 is 1.15 bits per heavy atom. The number of phenolic OH excluding ortho intramolecular Hbond substituents is 1. The Balaban J connectivity index is 1.31. The highest BCUT2D eigenvalue weighted by atomic mass is 19.1. The van der Waals surface area contributed by atoms with E-state index in [1.54, 1.807) is 24.3 Å². The Morgan fingerprint density at radius 2 is 1.85 bits per heavy atom. The van der Waals surface area contributed by atoms with Gasteiger partial charge in [-0.2, -0.15) is 0 Å². The molecule has 0 aliphatic carbocycles. The van der Waals surface area contributed by atoms with Crippen molar-refractivity contribution in [3.63, 3.8) is 0 Å². The van der Waals surface area contributed by atoms with Gasteiger partial charge < -0.3 is 15.7 Å². The number of rotatable bonds is 7. The second-order valence-electron chi connectivity index (χ2n) is 8.94. The maximum atomic E-state index is 13.0. The molecule has 0 bridgehead atoms. The molecule has 2 aliphatic heterocycles. The highest BCUT2D eigenvalue weighted by Crippen LogP contribution is 2.28. The summed E-state index contributed by atoms with van der Waals surface area (Å²) in [6.45, 7) is 2.35. The largest absolute Gasteiger partial charge is 0.508 e. The Morgan fingerprint density at radius 3 is 2.58 bits per heavy atom. The molecule has 4 rings (SSSR count). The van der Waals surface area contributed by atoms with Crippen LogP contribution in [0.1, 0.15) is 30.4 Å². The van der Waals surface area contributed by atoms with Crippen molar-refractivity contribution in [2.45, 2.75) is 50.5 Å². The van der Waals surface area contributed by atoms with Crippen LogP contribution < -0.4 is 10.6 Å². The topological polar surface area (TPSA) is 84.9 Å². The molecule has 2 saturated heterocycles. The van der Waals surface area contributed by atoms with Gasteiger partial charge in [-0.3, -0.25) is 19.4 Å². The third-order valence-corrected chi connectivity index (χ3v) is 6.78. The molecule has 8 heteroatoms. The van der Waals surface area contributed by atoms with Crippen molar-refractivity contribution in [1.29, 1.82) is 0 Å². The summed E-state index contributed by atoms with van der Waals surface area (Å²) in [6.07, 6.45) is 1.90. The number of amides is 2. The van der Waals surface area contributed by atoms with Crippen LogP contribution in [0.15, 0.2) is 48.5 Å².